The van der Waals surface area contributed by atoms with E-state index in [0.29, 0.717) is 42.6 Å². The van der Waals surface area contributed by atoms with Crippen LogP contribution in [-0.2, 0) is 22.6 Å². The van der Waals surface area contributed by atoms with Crippen LogP contribution in [0.3, 0.4) is 0 Å². The molecule has 1 aromatic heterocycles. The molecule has 9 nitrogen and oxygen atoms in total. The summed E-state index contributed by atoms with van der Waals surface area (Å²) in [5.74, 6) is 0.501. The zero-order valence-electron chi connectivity index (χ0n) is 15.0. The Bertz CT molecular complexity index is 789. The van der Waals surface area contributed by atoms with Crippen molar-refractivity contribution in [2.45, 2.75) is 32.5 Å². The number of benzene rings is 1. The number of morpholine rings is 1. The standard InChI is InChI=1S/C18H21N3O6/c1-2-16-19-15(20-27-16)11-26-13-5-3-12(4-6-13)18(24)21-7-8-25-14(10-21)9-17(22)23/h3-6,14H,2,7-11H2,1H3,(H,22,23)/t14-/m1/s1. The first-order chi connectivity index (χ1) is 13.0. The molecule has 1 aromatic carbocycles. The highest BCUT2D eigenvalue weighted by molar-refractivity contribution is 5.94. The molecular formula is C18H21N3O6. The molecule has 1 saturated heterocycles. The van der Waals surface area contributed by atoms with Gasteiger partial charge in [-0.15, -0.1) is 0 Å². The number of nitrogens with zero attached hydrogens (tertiary/aromatic N) is 3. The molecule has 0 aliphatic carbocycles. The third-order valence-corrected chi connectivity index (χ3v) is 4.11. The van der Waals surface area contributed by atoms with E-state index in [0.717, 1.165) is 0 Å². The minimum absolute atomic E-state index is 0.119. The zero-order valence-corrected chi connectivity index (χ0v) is 15.0. The molecule has 1 aliphatic rings. The van der Waals surface area contributed by atoms with E-state index in [4.69, 9.17) is 19.1 Å². The van der Waals surface area contributed by atoms with Crippen molar-refractivity contribution in [1.82, 2.24) is 15.0 Å². The average Bonchev–Trinajstić information content (AvgIpc) is 3.14. The highest BCUT2D eigenvalue weighted by Crippen LogP contribution is 2.17. The van der Waals surface area contributed by atoms with Crippen LogP contribution in [0, 0.1) is 0 Å². The second-order valence-electron chi connectivity index (χ2n) is 6.11. The first-order valence-electron chi connectivity index (χ1n) is 8.72. The lowest BCUT2D eigenvalue weighted by atomic mass is 10.1. The molecule has 1 atom stereocenters. The van der Waals surface area contributed by atoms with Crippen LogP contribution in [0.1, 0.15) is 35.4 Å². The number of aryl methyl sites for hydroxylation is 1. The van der Waals surface area contributed by atoms with E-state index in [9.17, 15) is 9.59 Å². The number of ether oxygens (including phenoxy) is 2. The molecule has 0 spiro atoms. The Morgan fingerprint density at radius 2 is 2.11 bits per heavy atom. The molecule has 27 heavy (non-hydrogen) atoms. The molecule has 1 aliphatic heterocycles. The maximum absolute atomic E-state index is 12.6. The summed E-state index contributed by atoms with van der Waals surface area (Å²) in [5.41, 5.74) is 0.506. The van der Waals surface area contributed by atoms with Crippen LogP contribution >= 0.6 is 0 Å². The van der Waals surface area contributed by atoms with E-state index in [1.807, 2.05) is 6.92 Å². The molecule has 1 fully saturated rings. The third kappa shape index (κ3) is 5.04. The van der Waals surface area contributed by atoms with Gasteiger partial charge in [0.15, 0.2) is 6.61 Å². The smallest absolute Gasteiger partial charge is 0.306 e. The van der Waals surface area contributed by atoms with E-state index >= 15 is 0 Å². The number of aromatic nitrogens is 2. The molecule has 1 amide bonds. The Kier molecular flexibility index (Phi) is 6.02. The van der Waals surface area contributed by atoms with Gasteiger partial charge >= 0.3 is 5.97 Å². The molecule has 2 heterocycles. The first-order valence-corrected chi connectivity index (χ1v) is 8.72. The van der Waals surface area contributed by atoms with Crippen molar-refractivity contribution in [3.05, 3.63) is 41.5 Å². The van der Waals surface area contributed by atoms with Gasteiger partial charge < -0.3 is 24.0 Å². The molecular weight excluding hydrogens is 354 g/mol. The van der Waals surface area contributed by atoms with Gasteiger partial charge in [0.1, 0.15) is 5.75 Å². The fraction of sp³-hybridized carbons (Fsp3) is 0.444. The predicted octanol–water partition coefficient (Wildman–Crippen LogP) is 1.53. The summed E-state index contributed by atoms with van der Waals surface area (Å²) >= 11 is 0. The largest absolute Gasteiger partial charge is 0.485 e. The lowest BCUT2D eigenvalue weighted by Gasteiger charge is -2.32. The average molecular weight is 375 g/mol. The summed E-state index contributed by atoms with van der Waals surface area (Å²) < 4.78 is 16.0. The summed E-state index contributed by atoms with van der Waals surface area (Å²) in [5, 5.41) is 12.7. The predicted molar refractivity (Wildman–Crippen MR) is 92.3 cm³/mol. The number of rotatable bonds is 7. The van der Waals surface area contributed by atoms with Gasteiger partial charge in [-0.3, -0.25) is 9.59 Å². The number of carboxylic acid groups (broad SMARTS) is 1. The number of carbonyl (C=O) groups is 2. The summed E-state index contributed by atoms with van der Waals surface area (Å²) in [6.07, 6.45) is 0.0659. The van der Waals surface area contributed by atoms with E-state index in [2.05, 4.69) is 10.1 Å². The summed E-state index contributed by atoms with van der Waals surface area (Å²) in [4.78, 5) is 29.2. The quantitative estimate of drug-likeness (QED) is 0.775. The number of amides is 1. The fourth-order valence-corrected chi connectivity index (χ4v) is 2.74. The molecule has 0 unspecified atom stereocenters. The van der Waals surface area contributed by atoms with Gasteiger partial charge in [0.05, 0.1) is 19.1 Å². The van der Waals surface area contributed by atoms with Crippen LogP contribution in [0.5, 0.6) is 5.75 Å². The van der Waals surface area contributed by atoms with Gasteiger partial charge in [0.25, 0.3) is 5.91 Å². The lowest BCUT2D eigenvalue weighted by molar-refractivity contribution is -0.141. The van der Waals surface area contributed by atoms with Crippen LogP contribution in [-0.4, -0.2) is 57.8 Å². The van der Waals surface area contributed by atoms with Crippen molar-refractivity contribution < 1.29 is 28.7 Å². The molecule has 2 aromatic rings. The van der Waals surface area contributed by atoms with E-state index in [1.54, 1.807) is 29.2 Å². The Hall–Kier alpha value is -2.94. The normalized spacial score (nSPS) is 16.9. The second kappa shape index (κ2) is 8.63. The molecule has 0 saturated carbocycles. The number of carbonyl (C=O) groups excluding carboxylic acids is 1. The highest BCUT2D eigenvalue weighted by atomic mass is 16.5. The Morgan fingerprint density at radius 1 is 1.33 bits per heavy atom. The van der Waals surface area contributed by atoms with Gasteiger partial charge in [0.2, 0.25) is 11.7 Å². The molecule has 0 bridgehead atoms. The first kappa shape index (κ1) is 18.8. The molecule has 9 heteroatoms. The Labute approximate surface area is 155 Å². The minimum atomic E-state index is -0.941. The van der Waals surface area contributed by atoms with Crippen molar-refractivity contribution in [2.24, 2.45) is 0 Å². The number of hydrogen-bond donors (Lipinski definition) is 1. The summed E-state index contributed by atoms with van der Waals surface area (Å²) in [7, 11) is 0. The zero-order chi connectivity index (χ0) is 19.2. The van der Waals surface area contributed by atoms with Gasteiger partial charge in [-0.05, 0) is 24.3 Å². The molecule has 1 N–H and O–H groups in total. The van der Waals surface area contributed by atoms with E-state index in [1.165, 1.54) is 0 Å². The number of carboxylic acids is 1. The van der Waals surface area contributed by atoms with E-state index in [-0.39, 0.29) is 25.5 Å². The summed E-state index contributed by atoms with van der Waals surface area (Å²) in [6.45, 7) is 3.13. The van der Waals surface area contributed by atoms with Crippen molar-refractivity contribution >= 4 is 11.9 Å². The van der Waals surface area contributed by atoms with Gasteiger partial charge in [-0.25, -0.2) is 0 Å². The topological polar surface area (TPSA) is 115 Å². The van der Waals surface area contributed by atoms with Crippen molar-refractivity contribution in [1.29, 1.82) is 0 Å². The molecule has 3 rings (SSSR count). The van der Waals surface area contributed by atoms with Crippen molar-refractivity contribution in [3.8, 4) is 5.75 Å². The minimum Gasteiger partial charge on any atom is -0.485 e. The van der Waals surface area contributed by atoms with Crippen molar-refractivity contribution in [3.63, 3.8) is 0 Å². The lowest BCUT2D eigenvalue weighted by Crippen LogP contribution is -2.46. The number of aliphatic carboxylic acids is 1. The van der Waals surface area contributed by atoms with Gasteiger partial charge in [-0.2, -0.15) is 4.98 Å². The van der Waals surface area contributed by atoms with Crippen LogP contribution in [0.25, 0.3) is 0 Å². The van der Waals surface area contributed by atoms with Crippen LogP contribution in [0.2, 0.25) is 0 Å². The van der Waals surface area contributed by atoms with Gasteiger partial charge in [0, 0.05) is 25.1 Å². The monoisotopic (exact) mass is 375 g/mol. The van der Waals surface area contributed by atoms with Crippen LogP contribution in [0.15, 0.2) is 28.8 Å². The fourth-order valence-electron chi connectivity index (χ4n) is 2.74. The SMILES string of the molecule is CCc1nc(COc2ccc(C(=O)N3CCO[C@H](CC(=O)O)C3)cc2)no1. The second-order valence-corrected chi connectivity index (χ2v) is 6.11. The maximum Gasteiger partial charge on any atom is 0.306 e. The molecule has 0 radical (unpaired) electrons. The van der Waals surface area contributed by atoms with Crippen LogP contribution < -0.4 is 4.74 Å². The third-order valence-electron chi connectivity index (χ3n) is 4.11. The maximum atomic E-state index is 12.6. The summed E-state index contributed by atoms with van der Waals surface area (Å²) in [6, 6.07) is 6.74. The Morgan fingerprint density at radius 3 is 2.78 bits per heavy atom. The molecule has 144 valence electrons. The Balaban J connectivity index is 1.55. The van der Waals surface area contributed by atoms with Gasteiger partial charge in [-0.1, -0.05) is 12.1 Å². The van der Waals surface area contributed by atoms with E-state index < -0.39 is 12.1 Å². The number of hydrogen-bond acceptors (Lipinski definition) is 7. The van der Waals surface area contributed by atoms with Crippen molar-refractivity contribution in [2.75, 3.05) is 19.7 Å². The highest BCUT2D eigenvalue weighted by Gasteiger charge is 2.26. The van der Waals surface area contributed by atoms with Crippen LogP contribution in [0.4, 0.5) is 0 Å².